The third-order valence-corrected chi connectivity index (χ3v) is 8.43. The van der Waals surface area contributed by atoms with Crippen LogP contribution in [0.5, 0.6) is 11.5 Å². The smallest absolute Gasteiger partial charge is 0.249 e. The van der Waals surface area contributed by atoms with E-state index < -0.39 is 15.3 Å². The number of methoxy groups -OCH3 is 2. The van der Waals surface area contributed by atoms with Gasteiger partial charge in [-0.3, -0.25) is 4.90 Å². The fraction of sp³-hybridized carbons (Fsp3) is 0.368. The number of fused-ring (bicyclic) bond motifs is 2. The molecule has 0 saturated carbocycles. The highest BCUT2D eigenvalue weighted by atomic mass is 35.5. The van der Waals surface area contributed by atoms with Crippen molar-refractivity contribution in [1.29, 1.82) is 0 Å². The number of hydrogen-bond donors (Lipinski definition) is 0. The first-order valence-electron chi connectivity index (χ1n) is 9.00. The molecule has 2 atom stereocenters. The van der Waals surface area contributed by atoms with E-state index in [4.69, 9.17) is 21.1 Å². The summed E-state index contributed by atoms with van der Waals surface area (Å²) in [7, 11) is -0.463. The van der Waals surface area contributed by atoms with Crippen LogP contribution in [0.4, 0.5) is 5.69 Å². The first kappa shape index (κ1) is 18.1. The summed E-state index contributed by atoms with van der Waals surface area (Å²) < 4.78 is 38.6. The van der Waals surface area contributed by atoms with Gasteiger partial charge in [-0.25, -0.2) is 8.42 Å². The summed E-state index contributed by atoms with van der Waals surface area (Å²) >= 11 is 7.07. The van der Waals surface area contributed by atoms with E-state index >= 15 is 0 Å². The molecule has 2 fully saturated rings. The van der Waals surface area contributed by atoms with Gasteiger partial charge in [0.2, 0.25) is 15.3 Å². The average molecular weight is 422 g/mol. The van der Waals surface area contributed by atoms with Crippen LogP contribution in [0.15, 0.2) is 47.4 Å². The molecule has 148 valence electrons. The number of hydrogen-bond acceptors (Lipinski definition) is 6. The van der Waals surface area contributed by atoms with E-state index in [1.165, 1.54) is 4.31 Å². The fourth-order valence-corrected chi connectivity index (χ4v) is 6.99. The van der Waals surface area contributed by atoms with Crippen molar-refractivity contribution < 1.29 is 17.9 Å². The molecule has 3 heterocycles. The van der Waals surface area contributed by atoms with Crippen LogP contribution >= 0.6 is 11.6 Å². The highest BCUT2D eigenvalue weighted by Crippen LogP contribution is 2.56. The third-order valence-electron chi connectivity index (χ3n) is 5.79. The summed E-state index contributed by atoms with van der Waals surface area (Å²) in [4.78, 5) is 4.32. The summed E-state index contributed by atoms with van der Waals surface area (Å²) in [6.07, 6.45) is 0. The van der Waals surface area contributed by atoms with Gasteiger partial charge in [-0.1, -0.05) is 29.8 Å². The van der Waals surface area contributed by atoms with E-state index in [9.17, 15) is 8.42 Å². The van der Waals surface area contributed by atoms with Crippen LogP contribution in [-0.4, -0.2) is 56.7 Å². The predicted octanol–water partition coefficient (Wildman–Crippen LogP) is 2.44. The number of sulfonamides is 1. The lowest BCUT2D eigenvalue weighted by Crippen LogP contribution is -2.60. The van der Waals surface area contributed by atoms with Crippen molar-refractivity contribution in [3.8, 4) is 11.5 Å². The van der Waals surface area contributed by atoms with E-state index in [0.717, 1.165) is 5.56 Å². The molecule has 0 aromatic heterocycles. The van der Waals surface area contributed by atoms with E-state index in [2.05, 4.69) is 0 Å². The highest BCUT2D eigenvalue weighted by Gasteiger charge is 2.65. The van der Waals surface area contributed by atoms with Crippen molar-refractivity contribution in [2.24, 2.45) is 0 Å². The maximum absolute atomic E-state index is 13.2. The van der Waals surface area contributed by atoms with Crippen molar-refractivity contribution in [2.75, 3.05) is 38.8 Å². The Balaban J connectivity index is 1.71. The predicted molar refractivity (Wildman–Crippen MR) is 105 cm³/mol. The van der Waals surface area contributed by atoms with Crippen LogP contribution in [-0.2, 0) is 10.0 Å². The Labute approximate surface area is 169 Å². The quantitative estimate of drug-likeness (QED) is 0.560. The van der Waals surface area contributed by atoms with Gasteiger partial charge in [-0.2, -0.15) is 0 Å². The average Bonchev–Trinajstić information content (AvgIpc) is 3.19. The molecule has 2 aromatic rings. The van der Waals surface area contributed by atoms with Gasteiger partial charge in [0.25, 0.3) is 0 Å². The molecule has 0 N–H and O–H groups in total. The van der Waals surface area contributed by atoms with Gasteiger partial charge in [-0.05, 0) is 29.8 Å². The molecule has 3 aliphatic rings. The number of rotatable bonds is 3. The Morgan fingerprint density at radius 3 is 2.57 bits per heavy atom. The number of benzene rings is 2. The minimum Gasteiger partial charge on any atom is -0.493 e. The fourth-order valence-electron chi connectivity index (χ4n) is 4.52. The molecular weight excluding hydrogens is 402 g/mol. The lowest BCUT2D eigenvalue weighted by molar-refractivity contribution is 0.201. The van der Waals surface area contributed by atoms with Crippen molar-refractivity contribution in [2.45, 2.75) is 16.2 Å². The van der Waals surface area contributed by atoms with Gasteiger partial charge in [0.1, 0.15) is 4.90 Å². The van der Waals surface area contributed by atoms with Gasteiger partial charge >= 0.3 is 0 Å². The van der Waals surface area contributed by atoms with Crippen molar-refractivity contribution in [3.05, 3.63) is 48.0 Å². The Bertz CT molecular complexity index is 1060. The summed E-state index contributed by atoms with van der Waals surface area (Å²) in [6.45, 7) is 1.56. The van der Waals surface area contributed by atoms with Gasteiger partial charge < -0.3 is 14.4 Å². The molecule has 2 unspecified atom stereocenters. The van der Waals surface area contributed by atoms with Crippen LogP contribution in [0.1, 0.15) is 11.6 Å². The van der Waals surface area contributed by atoms with Gasteiger partial charge in [-0.15, -0.1) is 4.31 Å². The van der Waals surface area contributed by atoms with E-state index in [1.54, 1.807) is 26.4 Å². The Morgan fingerprint density at radius 2 is 1.82 bits per heavy atom. The summed E-state index contributed by atoms with van der Waals surface area (Å²) in [6, 6.07) is 12.7. The molecule has 2 saturated heterocycles. The van der Waals surface area contributed by atoms with Crippen LogP contribution in [0.2, 0.25) is 0 Å². The second kappa shape index (κ2) is 6.00. The standard InChI is InChI=1S/C19H20ClN3O4S/c1-26-16-8-7-13(11-17(16)27-2)15-12-21-9-10-22-19(21,20)23(15)14-5-3-4-6-18(14)28(22,24)25/h3-8,11,15H,9-10,12H2,1-2H3. The molecule has 0 spiro atoms. The van der Waals surface area contributed by atoms with Gasteiger partial charge in [0.15, 0.2) is 11.5 Å². The number of alkyl halides is 1. The lowest BCUT2D eigenvalue weighted by Gasteiger charge is -2.46. The molecule has 2 aromatic carbocycles. The Morgan fingerprint density at radius 1 is 1.07 bits per heavy atom. The Hall–Kier alpha value is -2.00. The van der Waals surface area contributed by atoms with Crippen molar-refractivity contribution >= 4 is 27.3 Å². The van der Waals surface area contributed by atoms with Crippen molar-refractivity contribution in [1.82, 2.24) is 9.21 Å². The lowest BCUT2D eigenvalue weighted by atomic mass is 10.0. The first-order chi connectivity index (χ1) is 13.4. The van der Waals surface area contributed by atoms with E-state index in [-0.39, 0.29) is 6.04 Å². The number of anilines is 1. The highest BCUT2D eigenvalue weighted by molar-refractivity contribution is 7.89. The van der Waals surface area contributed by atoms with Crippen molar-refractivity contribution in [3.63, 3.8) is 0 Å². The normalized spacial score (nSPS) is 28.1. The maximum Gasteiger partial charge on any atom is 0.249 e. The maximum atomic E-state index is 13.2. The molecule has 7 nitrogen and oxygen atoms in total. The first-order valence-corrected chi connectivity index (χ1v) is 10.8. The van der Waals surface area contributed by atoms with Gasteiger partial charge in [0.05, 0.1) is 25.9 Å². The molecule has 5 rings (SSSR count). The van der Waals surface area contributed by atoms with Crippen LogP contribution in [0.3, 0.4) is 0 Å². The second-order valence-electron chi connectivity index (χ2n) is 7.04. The minimum absolute atomic E-state index is 0.128. The second-order valence-corrected chi connectivity index (χ2v) is 9.38. The van der Waals surface area contributed by atoms with Crippen LogP contribution in [0.25, 0.3) is 0 Å². The largest absolute Gasteiger partial charge is 0.493 e. The molecular formula is C19H20ClN3O4S. The molecule has 3 aliphatic heterocycles. The zero-order valence-electron chi connectivity index (χ0n) is 15.5. The monoisotopic (exact) mass is 421 g/mol. The molecule has 0 radical (unpaired) electrons. The summed E-state index contributed by atoms with van der Waals surface area (Å²) in [5.74, 6) is 1.28. The SMILES string of the molecule is COc1ccc(C2CN3CCN4C3(Cl)N2c2ccccc2S4(=O)=O)cc1OC. The molecule has 0 bridgehead atoms. The number of para-hydroxylation sites is 1. The van der Waals surface area contributed by atoms with E-state index in [0.29, 0.717) is 41.7 Å². The van der Waals surface area contributed by atoms with Crippen LogP contribution in [0, 0.1) is 0 Å². The van der Waals surface area contributed by atoms with Gasteiger partial charge in [0, 0.05) is 19.6 Å². The zero-order chi connectivity index (χ0) is 19.7. The molecule has 0 amide bonds. The number of ether oxygens (including phenoxy) is 2. The molecule has 0 aliphatic carbocycles. The van der Waals surface area contributed by atoms with E-state index in [1.807, 2.05) is 40.1 Å². The minimum atomic E-state index is -3.66. The Kier molecular flexibility index (Phi) is 3.87. The number of nitrogens with zero attached hydrogens (tertiary/aromatic N) is 3. The zero-order valence-corrected chi connectivity index (χ0v) is 17.1. The van der Waals surface area contributed by atoms with Crippen LogP contribution < -0.4 is 14.4 Å². The number of halogens is 1. The topological polar surface area (TPSA) is 62.3 Å². The molecule has 28 heavy (non-hydrogen) atoms. The third kappa shape index (κ3) is 2.14. The summed E-state index contributed by atoms with van der Waals surface area (Å²) in [5.41, 5.74) is 1.61. The molecule has 9 heteroatoms. The summed E-state index contributed by atoms with van der Waals surface area (Å²) in [5, 5.41) is -1.23.